The first-order valence-corrected chi connectivity index (χ1v) is 6.48. The summed E-state index contributed by atoms with van der Waals surface area (Å²) in [6.07, 6.45) is 0.856. The molecule has 1 aromatic heterocycles. The summed E-state index contributed by atoms with van der Waals surface area (Å²) >= 11 is 0. The third kappa shape index (κ3) is 3.50. The van der Waals surface area contributed by atoms with Crippen LogP contribution in [-0.2, 0) is 9.47 Å². The average Bonchev–Trinajstić information content (AvgIpc) is 2.84. The van der Waals surface area contributed by atoms with Crippen LogP contribution in [0, 0.1) is 11.3 Å². The van der Waals surface area contributed by atoms with Gasteiger partial charge in [-0.3, -0.25) is 0 Å². The van der Waals surface area contributed by atoms with E-state index in [0.717, 1.165) is 11.8 Å². The maximum Gasteiger partial charge on any atom is 0.246 e. The van der Waals surface area contributed by atoms with Crippen LogP contribution in [0.1, 0.15) is 12.2 Å². The Morgan fingerprint density at radius 1 is 1.15 bits per heavy atom. The Kier molecular flexibility index (Phi) is 5.42. The van der Waals surface area contributed by atoms with Crippen molar-refractivity contribution < 1.29 is 18.6 Å². The van der Waals surface area contributed by atoms with Crippen LogP contribution in [0.2, 0.25) is 0 Å². The largest absolute Gasteiger partial charge is 0.486 e. The lowest BCUT2D eigenvalue weighted by Crippen LogP contribution is -2.08. The monoisotopic (exact) mass is 275 g/mol. The first kappa shape index (κ1) is 14.4. The molecule has 0 unspecified atom stereocenters. The van der Waals surface area contributed by atoms with Crippen molar-refractivity contribution in [1.29, 1.82) is 5.26 Å². The van der Waals surface area contributed by atoms with E-state index in [9.17, 15) is 0 Å². The van der Waals surface area contributed by atoms with Crippen LogP contribution in [0.5, 0.6) is 5.75 Å². The van der Waals surface area contributed by atoms with Gasteiger partial charge in [-0.15, -0.1) is 0 Å². The molecule has 1 heterocycles. The van der Waals surface area contributed by atoms with Crippen molar-refractivity contribution in [3.8, 4) is 11.8 Å². The molecule has 2 aromatic rings. The van der Waals surface area contributed by atoms with E-state index in [1.54, 1.807) is 7.11 Å². The van der Waals surface area contributed by atoms with Crippen molar-refractivity contribution in [2.75, 3.05) is 33.5 Å². The average molecular weight is 275 g/mol. The van der Waals surface area contributed by atoms with Crippen LogP contribution in [0.25, 0.3) is 11.0 Å². The first-order valence-electron chi connectivity index (χ1n) is 6.48. The molecular formula is C15H17NO4. The number of nitrogens with zero attached hydrogens (tertiary/aromatic N) is 1. The Morgan fingerprint density at radius 3 is 2.80 bits per heavy atom. The third-order valence-electron chi connectivity index (χ3n) is 2.76. The van der Waals surface area contributed by atoms with Gasteiger partial charge in [-0.05, 0) is 18.6 Å². The molecule has 0 saturated carbocycles. The lowest BCUT2D eigenvalue weighted by atomic mass is 10.2. The number of benzene rings is 1. The second kappa shape index (κ2) is 7.53. The van der Waals surface area contributed by atoms with Gasteiger partial charge in [-0.1, -0.05) is 12.1 Å². The van der Waals surface area contributed by atoms with E-state index in [1.165, 1.54) is 0 Å². The van der Waals surface area contributed by atoms with Crippen molar-refractivity contribution in [3.05, 3.63) is 30.0 Å². The summed E-state index contributed by atoms with van der Waals surface area (Å²) in [5.74, 6) is 0.689. The molecule has 106 valence electrons. The van der Waals surface area contributed by atoms with Crippen LogP contribution in [0.15, 0.2) is 28.7 Å². The van der Waals surface area contributed by atoms with E-state index in [4.69, 9.17) is 23.9 Å². The van der Waals surface area contributed by atoms with Crippen molar-refractivity contribution in [1.82, 2.24) is 0 Å². The molecule has 0 aliphatic heterocycles. The van der Waals surface area contributed by atoms with E-state index in [-0.39, 0.29) is 5.76 Å². The summed E-state index contributed by atoms with van der Waals surface area (Å²) in [5.41, 5.74) is 0.653. The number of hydrogen-bond acceptors (Lipinski definition) is 5. The third-order valence-corrected chi connectivity index (χ3v) is 2.76. The van der Waals surface area contributed by atoms with Gasteiger partial charge in [0.05, 0.1) is 12.0 Å². The van der Waals surface area contributed by atoms with Gasteiger partial charge < -0.3 is 18.6 Å². The van der Waals surface area contributed by atoms with Crippen LogP contribution < -0.4 is 4.74 Å². The molecule has 2 rings (SSSR count). The lowest BCUT2D eigenvalue weighted by molar-refractivity contribution is 0.0807. The summed E-state index contributed by atoms with van der Waals surface area (Å²) in [6.45, 7) is 2.17. The van der Waals surface area contributed by atoms with Gasteiger partial charge in [-0.2, -0.15) is 5.26 Å². The molecule has 0 N–H and O–H groups in total. The molecule has 0 amide bonds. The predicted octanol–water partition coefficient (Wildman–Crippen LogP) is 2.74. The molecule has 20 heavy (non-hydrogen) atoms. The highest BCUT2D eigenvalue weighted by Crippen LogP contribution is 2.32. The van der Waals surface area contributed by atoms with Crippen LogP contribution in [0.3, 0.4) is 0 Å². The number of furan rings is 1. The summed E-state index contributed by atoms with van der Waals surface area (Å²) in [4.78, 5) is 0. The molecule has 5 heteroatoms. The highest BCUT2D eigenvalue weighted by atomic mass is 16.5. The highest BCUT2D eigenvalue weighted by Gasteiger charge is 2.14. The minimum atomic E-state index is 0.200. The van der Waals surface area contributed by atoms with Gasteiger partial charge in [0, 0.05) is 20.3 Å². The number of rotatable bonds is 8. The normalized spacial score (nSPS) is 10.6. The molecule has 0 radical (unpaired) electrons. The number of nitriles is 1. The van der Waals surface area contributed by atoms with Gasteiger partial charge >= 0.3 is 0 Å². The molecule has 0 atom stereocenters. The molecular weight excluding hydrogens is 258 g/mol. The SMILES string of the molecule is COCCCOCCOc1c(C#N)oc2ccccc12. The van der Waals surface area contributed by atoms with E-state index >= 15 is 0 Å². The summed E-state index contributed by atoms with van der Waals surface area (Å²) in [7, 11) is 1.66. The maximum absolute atomic E-state index is 9.05. The second-order valence-electron chi connectivity index (χ2n) is 4.18. The Balaban J connectivity index is 1.88. The predicted molar refractivity (Wildman–Crippen MR) is 73.7 cm³/mol. The summed E-state index contributed by atoms with van der Waals surface area (Å²) < 4.78 is 21.4. The number of hydrogen-bond donors (Lipinski definition) is 0. The summed E-state index contributed by atoms with van der Waals surface area (Å²) in [6, 6.07) is 9.42. The van der Waals surface area contributed by atoms with E-state index < -0.39 is 0 Å². The highest BCUT2D eigenvalue weighted by molar-refractivity contribution is 5.86. The van der Waals surface area contributed by atoms with Crippen LogP contribution in [-0.4, -0.2) is 33.5 Å². The molecule has 1 aromatic carbocycles. The standard InChI is InChI=1S/C15H17NO4/c1-17-7-4-8-18-9-10-19-15-12-5-2-3-6-13(12)20-14(15)11-16/h2-3,5-6H,4,7-10H2,1H3. The number of para-hydroxylation sites is 1. The second-order valence-corrected chi connectivity index (χ2v) is 4.18. The fourth-order valence-electron chi connectivity index (χ4n) is 1.85. The quantitative estimate of drug-likeness (QED) is 0.693. The molecule has 5 nitrogen and oxygen atoms in total. The Labute approximate surface area is 117 Å². The van der Waals surface area contributed by atoms with Crippen molar-refractivity contribution in [2.45, 2.75) is 6.42 Å². The fraction of sp³-hybridized carbons (Fsp3) is 0.400. The molecule has 0 spiro atoms. The summed E-state index contributed by atoms with van der Waals surface area (Å²) in [5, 5.41) is 9.86. The Bertz CT molecular complexity index is 585. The van der Waals surface area contributed by atoms with Crippen molar-refractivity contribution in [2.24, 2.45) is 0 Å². The Hall–Kier alpha value is -2.03. The zero-order valence-electron chi connectivity index (χ0n) is 11.4. The first-order chi connectivity index (χ1) is 9.86. The fourth-order valence-corrected chi connectivity index (χ4v) is 1.85. The van der Waals surface area contributed by atoms with Crippen LogP contribution in [0.4, 0.5) is 0 Å². The van der Waals surface area contributed by atoms with Gasteiger partial charge in [0.15, 0.2) is 5.75 Å². The Morgan fingerprint density at radius 2 is 2.00 bits per heavy atom. The molecule has 0 aliphatic rings. The van der Waals surface area contributed by atoms with Crippen molar-refractivity contribution >= 4 is 11.0 Å². The van der Waals surface area contributed by atoms with Gasteiger partial charge in [0.1, 0.15) is 18.3 Å². The lowest BCUT2D eigenvalue weighted by Gasteiger charge is -2.06. The smallest absolute Gasteiger partial charge is 0.246 e. The van der Waals surface area contributed by atoms with Crippen molar-refractivity contribution in [3.63, 3.8) is 0 Å². The zero-order chi connectivity index (χ0) is 14.2. The zero-order valence-corrected chi connectivity index (χ0v) is 11.4. The minimum Gasteiger partial charge on any atom is -0.486 e. The van der Waals surface area contributed by atoms with Gasteiger partial charge in [0.2, 0.25) is 5.76 Å². The van der Waals surface area contributed by atoms with E-state index in [1.807, 2.05) is 30.3 Å². The topological polar surface area (TPSA) is 64.6 Å². The number of fused-ring (bicyclic) bond motifs is 1. The molecule has 0 bridgehead atoms. The number of methoxy groups -OCH3 is 1. The number of ether oxygens (including phenoxy) is 3. The molecule has 0 saturated heterocycles. The minimum absolute atomic E-state index is 0.200. The van der Waals surface area contributed by atoms with Gasteiger partial charge in [0.25, 0.3) is 0 Å². The van der Waals surface area contributed by atoms with Crippen LogP contribution >= 0.6 is 0 Å². The van der Waals surface area contributed by atoms with E-state index in [2.05, 4.69) is 0 Å². The van der Waals surface area contributed by atoms with E-state index in [0.29, 0.717) is 37.8 Å². The molecule has 0 fully saturated rings. The van der Waals surface area contributed by atoms with Gasteiger partial charge in [-0.25, -0.2) is 0 Å². The maximum atomic E-state index is 9.05. The molecule has 0 aliphatic carbocycles.